The fourth-order valence-corrected chi connectivity index (χ4v) is 2.58. The summed E-state index contributed by atoms with van der Waals surface area (Å²) in [6, 6.07) is 5.94. The van der Waals surface area contributed by atoms with Crippen LogP contribution in [0.5, 0.6) is 0 Å². The van der Waals surface area contributed by atoms with Gasteiger partial charge in [-0.25, -0.2) is 14.8 Å². The topological polar surface area (TPSA) is 38.8 Å². The van der Waals surface area contributed by atoms with Crippen LogP contribution in [0.1, 0.15) is 11.1 Å². The van der Waals surface area contributed by atoms with E-state index in [1.165, 1.54) is 16.1 Å². The molecule has 6 heteroatoms. The fourth-order valence-electron chi connectivity index (χ4n) is 1.91. The number of aryl methyl sites for hydroxylation is 1. The van der Waals surface area contributed by atoms with E-state index in [4.69, 9.17) is 0 Å². The first-order valence-corrected chi connectivity index (χ1v) is 7.10. The normalized spacial score (nSPS) is 16.8. The maximum Gasteiger partial charge on any atom is 0.355 e. The average Bonchev–Trinajstić information content (AvgIpc) is 2.60. The van der Waals surface area contributed by atoms with Crippen LogP contribution in [0.3, 0.4) is 0 Å². The highest BCUT2D eigenvalue weighted by Crippen LogP contribution is 2.28. The number of carbonyl (C=O) groups is 1. The molecule has 0 unspecified atom stereocenters. The molecule has 0 radical (unpaired) electrons. The van der Waals surface area contributed by atoms with Gasteiger partial charge in [0.05, 0.1) is 5.69 Å². The zero-order valence-corrected chi connectivity index (χ0v) is 11.9. The van der Waals surface area contributed by atoms with E-state index in [0.29, 0.717) is 0 Å². The second-order valence-electron chi connectivity index (χ2n) is 4.27. The summed E-state index contributed by atoms with van der Waals surface area (Å²) in [4.78, 5) is 12.1. The quantitative estimate of drug-likeness (QED) is 0.908. The van der Waals surface area contributed by atoms with E-state index in [0.717, 1.165) is 11.4 Å². The zero-order chi connectivity index (χ0) is 13.3. The second kappa shape index (κ2) is 5.17. The Bertz CT molecular complexity index is 465. The number of benzene rings is 1. The third-order valence-corrected chi connectivity index (χ3v) is 3.66. The van der Waals surface area contributed by atoms with Gasteiger partial charge in [0.1, 0.15) is 0 Å². The van der Waals surface area contributed by atoms with Gasteiger partial charge >= 0.3 is 6.03 Å². The Hall–Kier alpha value is -1.24. The molecule has 1 saturated heterocycles. The summed E-state index contributed by atoms with van der Waals surface area (Å²) in [5.41, 5.74) is 6.34. The first-order valence-electron chi connectivity index (χ1n) is 5.71. The number of carbonyl (C=O) groups excluding carboxylic acids is 1. The Morgan fingerprint density at radius 2 is 2.06 bits per heavy atom. The van der Waals surface area contributed by atoms with E-state index in [1.807, 2.05) is 19.2 Å². The Morgan fingerprint density at radius 1 is 1.33 bits per heavy atom. The fraction of sp³-hybridized carbons (Fsp3) is 0.417. The van der Waals surface area contributed by atoms with E-state index in [-0.39, 0.29) is 6.03 Å². The standard InChI is InChI=1S/C12H18N4OS/c1-9-6-5-7-11(10(9)8-18-4)16-12(17)14(2)15(3)13-16/h5-7,13H,8H2,1-4H3. The largest absolute Gasteiger partial charge is 0.355 e. The number of hydrogen-bond donors (Lipinski definition) is 1. The first kappa shape index (κ1) is 13.2. The van der Waals surface area contributed by atoms with Crippen molar-refractivity contribution in [3.05, 3.63) is 29.3 Å². The van der Waals surface area contributed by atoms with Gasteiger partial charge in [-0.1, -0.05) is 12.1 Å². The minimum absolute atomic E-state index is 0.0783. The summed E-state index contributed by atoms with van der Waals surface area (Å²) in [6.45, 7) is 2.07. The number of thioether (sulfide) groups is 1. The van der Waals surface area contributed by atoms with Gasteiger partial charge < -0.3 is 0 Å². The van der Waals surface area contributed by atoms with E-state index < -0.39 is 0 Å². The molecule has 2 amide bonds. The monoisotopic (exact) mass is 266 g/mol. The minimum atomic E-state index is -0.0783. The molecule has 2 rings (SSSR count). The van der Waals surface area contributed by atoms with Crippen molar-refractivity contribution < 1.29 is 4.79 Å². The van der Waals surface area contributed by atoms with Crippen LogP contribution in [0.25, 0.3) is 0 Å². The van der Waals surface area contributed by atoms with Crippen molar-refractivity contribution in [1.29, 1.82) is 0 Å². The summed E-state index contributed by atoms with van der Waals surface area (Å²) in [5.74, 6) is 0.890. The number of nitrogens with one attached hydrogen (secondary N) is 1. The molecule has 0 atom stereocenters. The lowest BCUT2D eigenvalue weighted by molar-refractivity contribution is 0.0652. The van der Waals surface area contributed by atoms with Crippen LogP contribution in [-0.2, 0) is 5.75 Å². The molecule has 1 aliphatic rings. The predicted molar refractivity (Wildman–Crippen MR) is 74.9 cm³/mol. The Morgan fingerprint density at radius 3 is 2.61 bits per heavy atom. The van der Waals surface area contributed by atoms with Gasteiger partial charge in [0.15, 0.2) is 0 Å². The summed E-state index contributed by atoms with van der Waals surface area (Å²) in [6.07, 6.45) is 2.06. The highest BCUT2D eigenvalue weighted by atomic mass is 32.2. The molecule has 1 aromatic rings. The molecule has 1 N–H and O–H groups in total. The Kier molecular flexibility index (Phi) is 3.79. The van der Waals surface area contributed by atoms with Crippen LogP contribution in [-0.4, -0.2) is 36.5 Å². The molecule has 5 nitrogen and oxygen atoms in total. The number of hydrazine groups is 3. The molecule has 0 bridgehead atoms. The van der Waals surface area contributed by atoms with Gasteiger partial charge in [-0.05, 0) is 30.4 Å². The van der Waals surface area contributed by atoms with Crippen LogP contribution in [0.15, 0.2) is 18.2 Å². The number of rotatable bonds is 3. The van der Waals surface area contributed by atoms with E-state index in [2.05, 4.69) is 24.8 Å². The second-order valence-corrected chi connectivity index (χ2v) is 5.14. The summed E-state index contributed by atoms with van der Waals surface area (Å²) >= 11 is 1.75. The SMILES string of the molecule is CSCc1c(C)cccc1N1NN(C)N(C)C1=O. The van der Waals surface area contributed by atoms with Crippen LogP contribution in [0, 0.1) is 6.92 Å². The molecule has 1 fully saturated rings. The Balaban J connectivity index is 2.39. The van der Waals surface area contributed by atoms with E-state index in [9.17, 15) is 4.79 Å². The van der Waals surface area contributed by atoms with Crippen molar-refractivity contribution in [2.45, 2.75) is 12.7 Å². The molecular formula is C12H18N4OS. The highest BCUT2D eigenvalue weighted by molar-refractivity contribution is 7.97. The molecule has 18 heavy (non-hydrogen) atoms. The smallest absolute Gasteiger partial charge is 0.245 e. The summed E-state index contributed by atoms with van der Waals surface area (Å²) in [5, 5.41) is 4.78. The first-order chi connectivity index (χ1) is 8.56. The van der Waals surface area contributed by atoms with Crippen molar-refractivity contribution >= 4 is 23.5 Å². The predicted octanol–water partition coefficient (Wildman–Crippen LogP) is 2.00. The van der Waals surface area contributed by atoms with Gasteiger partial charge in [0.2, 0.25) is 0 Å². The van der Waals surface area contributed by atoms with Gasteiger partial charge in [-0.3, -0.25) is 0 Å². The summed E-state index contributed by atoms with van der Waals surface area (Å²) in [7, 11) is 3.54. The maximum atomic E-state index is 12.1. The van der Waals surface area contributed by atoms with Crippen LogP contribution >= 0.6 is 11.8 Å². The minimum Gasteiger partial charge on any atom is -0.245 e. The summed E-state index contributed by atoms with van der Waals surface area (Å²) < 4.78 is 0. The van der Waals surface area contributed by atoms with Crippen molar-refractivity contribution in [3.8, 4) is 0 Å². The number of anilines is 1. The lowest BCUT2D eigenvalue weighted by Gasteiger charge is -2.19. The van der Waals surface area contributed by atoms with E-state index >= 15 is 0 Å². The highest BCUT2D eigenvalue weighted by Gasteiger charge is 2.32. The molecular weight excluding hydrogens is 248 g/mol. The zero-order valence-electron chi connectivity index (χ0n) is 11.1. The number of urea groups is 1. The van der Waals surface area contributed by atoms with Crippen molar-refractivity contribution in [1.82, 2.24) is 15.7 Å². The molecule has 0 spiro atoms. The number of amides is 2. The van der Waals surface area contributed by atoms with Gasteiger partial charge in [0, 0.05) is 19.8 Å². The average molecular weight is 266 g/mol. The molecule has 0 aromatic heterocycles. The molecule has 1 heterocycles. The van der Waals surface area contributed by atoms with E-state index in [1.54, 1.807) is 28.9 Å². The van der Waals surface area contributed by atoms with Crippen LogP contribution in [0.4, 0.5) is 10.5 Å². The van der Waals surface area contributed by atoms with Crippen LogP contribution in [0.2, 0.25) is 0 Å². The van der Waals surface area contributed by atoms with Gasteiger partial charge in [-0.2, -0.15) is 11.8 Å². The number of nitrogens with zero attached hydrogens (tertiary/aromatic N) is 3. The molecule has 98 valence electrons. The van der Waals surface area contributed by atoms with Gasteiger partial charge in [-0.15, -0.1) is 10.7 Å². The number of hydrogen-bond acceptors (Lipinski definition) is 4. The van der Waals surface area contributed by atoms with Crippen LogP contribution < -0.4 is 10.5 Å². The van der Waals surface area contributed by atoms with Crippen molar-refractivity contribution in [3.63, 3.8) is 0 Å². The lowest BCUT2D eigenvalue weighted by Crippen LogP contribution is -2.39. The Labute approximate surface area is 112 Å². The molecule has 0 saturated carbocycles. The maximum absolute atomic E-state index is 12.1. The van der Waals surface area contributed by atoms with Crippen molar-refractivity contribution in [2.75, 3.05) is 25.4 Å². The molecule has 1 aromatic carbocycles. The van der Waals surface area contributed by atoms with Crippen molar-refractivity contribution in [2.24, 2.45) is 0 Å². The molecule has 1 aliphatic heterocycles. The third-order valence-electron chi connectivity index (χ3n) is 3.08. The molecule has 0 aliphatic carbocycles. The lowest BCUT2D eigenvalue weighted by atomic mass is 10.1. The van der Waals surface area contributed by atoms with Gasteiger partial charge in [0.25, 0.3) is 0 Å². The third kappa shape index (κ3) is 2.19.